The highest BCUT2D eigenvalue weighted by Gasteiger charge is 1.96. The predicted molar refractivity (Wildman–Crippen MR) is 65.2 cm³/mol. The standard InChI is InChI=1S/C14H26/c1-4-6-7-8-9-10-11-13-14(3)12-5-2/h14H,4,6-11,13H2,1-3H3. The summed E-state index contributed by atoms with van der Waals surface area (Å²) in [6.07, 6.45) is 11.1. The molecule has 0 aromatic carbocycles. The van der Waals surface area contributed by atoms with E-state index in [9.17, 15) is 0 Å². The molecule has 0 aromatic heterocycles. The Labute approximate surface area is 90.5 Å². The average molecular weight is 194 g/mol. The SMILES string of the molecule is CC#CC(C)CCCCCCCCC. The van der Waals surface area contributed by atoms with Crippen LogP contribution >= 0.6 is 0 Å². The topological polar surface area (TPSA) is 0 Å². The minimum absolute atomic E-state index is 0.607. The molecule has 82 valence electrons. The highest BCUT2D eigenvalue weighted by atomic mass is 14.0. The van der Waals surface area contributed by atoms with E-state index >= 15 is 0 Å². The molecule has 14 heavy (non-hydrogen) atoms. The number of rotatable bonds is 8. The van der Waals surface area contributed by atoms with Gasteiger partial charge in [0.15, 0.2) is 0 Å². The van der Waals surface area contributed by atoms with E-state index in [0.29, 0.717) is 5.92 Å². The normalized spacial score (nSPS) is 11.9. The van der Waals surface area contributed by atoms with Crippen LogP contribution in [-0.4, -0.2) is 0 Å². The third kappa shape index (κ3) is 9.65. The highest BCUT2D eigenvalue weighted by Crippen LogP contribution is 2.11. The van der Waals surface area contributed by atoms with Gasteiger partial charge in [0.05, 0.1) is 0 Å². The molecule has 0 heterocycles. The van der Waals surface area contributed by atoms with Gasteiger partial charge in [-0.25, -0.2) is 0 Å². The number of hydrogen-bond acceptors (Lipinski definition) is 0. The minimum Gasteiger partial charge on any atom is -0.106 e. The van der Waals surface area contributed by atoms with Crippen LogP contribution in [0.15, 0.2) is 0 Å². The average Bonchev–Trinajstić information content (AvgIpc) is 2.17. The molecular weight excluding hydrogens is 168 g/mol. The summed E-state index contributed by atoms with van der Waals surface area (Å²) in [5, 5.41) is 0. The van der Waals surface area contributed by atoms with Gasteiger partial charge in [0.2, 0.25) is 0 Å². The molecule has 0 radical (unpaired) electrons. The lowest BCUT2D eigenvalue weighted by Gasteiger charge is -2.03. The van der Waals surface area contributed by atoms with Gasteiger partial charge in [-0.05, 0) is 13.3 Å². The molecule has 1 unspecified atom stereocenters. The number of hydrogen-bond donors (Lipinski definition) is 0. The molecule has 0 bridgehead atoms. The van der Waals surface area contributed by atoms with Gasteiger partial charge in [-0.2, -0.15) is 0 Å². The van der Waals surface area contributed by atoms with Crippen LogP contribution in [0, 0.1) is 17.8 Å². The van der Waals surface area contributed by atoms with E-state index in [1.165, 1.54) is 51.4 Å². The second kappa shape index (κ2) is 10.6. The summed E-state index contributed by atoms with van der Waals surface area (Å²) in [4.78, 5) is 0. The first-order valence-corrected chi connectivity index (χ1v) is 6.23. The van der Waals surface area contributed by atoms with Gasteiger partial charge in [-0.15, -0.1) is 11.8 Å². The van der Waals surface area contributed by atoms with Gasteiger partial charge in [-0.3, -0.25) is 0 Å². The zero-order valence-electron chi connectivity index (χ0n) is 10.2. The molecule has 0 aliphatic rings. The van der Waals surface area contributed by atoms with Crippen molar-refractivity contribution in [3.8, 4) is 11.8 Å². The molecule has 0 N–H and O–H groups in total. The lowest BCUT2D eigenvalue weighted by molar-refractivity contribution is 0.544. The van der Waals surface area contributed by atoms with Crippen molar-refractivity contribution in [1.82, 2.24) is 0 Å². The van der Waals surface area contributed by atoms with Gasteiger partial charge < -0.3 is 0 Å². The fourth-order valence-corrected chi connectivity index (χ4v) is 1.73. The molecule has 0 nitrogen and oxygen atoms in total. The van der Waals surface area contributed by atoms with Crippen molar-refractivity contribution in [3.05, 3.63) is 0 Å². The molecule has 0 amide bonds. The van der Waals surface area contributed by atoms with Crippen molar-refractivity contribution in [2.75, 3.05) is 0 Å². The monoisotopic (exact) mass is 194 g/mol. The Kier molecular flexibility index (Phi) is 10.3. The van der Waals surface area contributed by atoms with Crippen LogP contribution in [0.3, 0.4) is 0 Å². The van der Waals surface area contributed by atoms with Crippen LogP contribution in [0.4, 0.5) is 0 Å². The van der Waals surface area contributed by atoms with Gasteiger partial charge in [0.1, 0.15) is 0 Å². The molecule has 0 heteroatoms. The van der Waals surface area contributed by atoms with Crippen molar-refractivity contribution in [1.29, 1.82) is 0 Å². The number of unbranched alkanes of at least 4 members (excludes halogenated alkanes) is 6. The summed E-state index contributed by atoms with van der Waals surface area (Å²) in [6.45, 7) is 6.43. The van der Waals surface area contributed by atoms with Crippen LogP contribution in [-0.2, 0) is 0 Å². The molecule has 1 atom stereocenters. The van der Waals surface area contributed by atoms with E-state index in [4.69, 9.17) is 0 Å². The highest BCUT2D eigenvalue weighted by molar-refractivity contribution is 4.98. The van der Waals surface area contributed by atoms with E-state index in [1.54, 1.807) is 0 Å². The maximum Gasteiger partial charge on any atom is 0.0174 e. The fourth-order valence-electron chi connectivity index (χ4n) is 1.73. The minimum atomic E-state index is 0.607. The summed E-state index contributed by atoms with van der Waals surface area (Å²) in [5.74, 6) is 6.80. The lowest BCUT2D eigenvalue weighted by atomic mass is 10.0. The summed E-state index contributed by atoms with van der Waals surface area (Å²) in [6, 6.07) is 0. The third-order valence-electron chi connectivity index (χ3n) is 2.63. The second-order valence-electron chi connectivity index (χ2n) is 4.21. The summed E-state index contributed by atoms with van der Waals surface area (Å²) in [5.41, 5.74) is 0. The zero-order valence-corrected chi connectivity index (χ0v) is 10.2. The maximum absolute atomic E-state index is 3.21. The first kappa shape index (κ1) is 13.6. The molecule has 0 spiro atoms. The molecule has 0 aromatic rings. The third-order valence-corrected chi connectivity index (χ3v) is 2.63. The first-order valence-electron chi connectivity index (χ1n) is 6.23. The Morgan fingerprint density at radius 3 is 2.07 bits per heavy atom. The van der Waals surface area contributed by atoms with Crippen LogP contribution in [0.5, 0.6) is 0 Å². The Bertz CT molecular complexity index is 159. The zero-order chi connectivity index (χ0) is 10.6. The second-order valence-corrected chi connectivity index (χ2v) is 4.21. The van der Waals surface area contributed by atoms with Crippen LogP contribution in [0.2, 0.25) is 0 Å². The molecule has 0 aliphatic carbocycles. The van der Waals surface area contributed by atoms with E-state index < -0.39 is 0 Å². The Hall–Kier alpha value is -0.440. The van der Waals surface area contributed by atoms with Crippen molar-refractivity contribution in [2.45, 2.75) is 72.1 Å². The molecular formula is C14H26. The smallest absolute Gasteiger partial charge is 0.0174 e. The molecule has 0 saturated heterocycles. The largest absolute Gasteiger partial charge is 0.106 e. The van der Waals surface area contributed by atoms with E-state index in [0.717, 1.165) is 0 Å². The summed E-state index contributed by atoms with van der Waals surface area (Å²) in [7, 11) is 0. The van der Waals surface area contributed by atoms with Crippen LogP contribution < -0.4 is 0 Å². The maximum atomic E-state index is 3.21. The van der Waals surface area contributed by atoms with E-state index in [-0.39, 0.29) is 0 Å². The van der Waals surface area contributed by atoms with E-state index in [1.807, 2.05) is 6.92 Å². The molecule has 0 fully saturated rings. The first-order chi connectivity index (χ1) is 6.81. The van der Waals surface area contributed by atoms with Crippen molar-refractivity contribution >= 4 is 0 Å². The quantitative estimate of drug-likeness (QED) is 0.385. The van der Waals surface area contributed by atoms with Crippen LogP contribution in [0.1, 0.15) is 72.1 Å². The Morgan fingerprint density at radius 2 is 1.50 bits per heavy atom. The van der Waals surface area contributed by atoms with Gasteiger partial charge in [0.25, 0.3) is 0 Å². The molecule has 0 saturated carbocycles. The molecule has 0 aliphatic heterocycles. The fraction of sp³-hybridized carbons (Fsp3) is 0.857. The molecule has 0 rings (SSSR count). The van der Waals surface area contributed by atoms with Crippen molar-refractivity contribution in [3.63, 3.8) is 0 Å². The van der Waals surface area contributed by atoms with Gasteiger partial charge in [0, 0.05) is 5.92 Å². The van der Waals surface area contributed by atoms with E-state index in [2.05, 4.69) is 25.7 Å². The Balaban J connectivity index is 3.08. The predicted octanol–water partition coefficient (Wildman–Crippen LogP) is 4.79. The van der Waals surface area contributed by atoms with Gasteiger partial charge >= 0.3 is 0 Å². The van der Waals surface area contributed by atoms with Crippen molar-refractivity contribution < 1.29 is 0 Å². The Morgan fingerprint density at radius 1 is 0.929 bits per heavy atom. The lowest BCUT2D eigenvalue weighted by Crippen LogP contribution is -1.90. The van der Waals surface area contributed by atoms with Crippen molar-refractivity contribution in [2.24, 2.45) is 5.92 Å². The van der Waals surface area contributed by atoms with Crippen LogP contribution in [0.25, 0.3) is 0 Å². The summed E-state index contributed by atoms with van der Waals surface area (Å²) < 4.78 is 0. The summed E-state index contributed by atoms with van der Waals surface area (Å²) >= 11 is 0. The van der Waals surface area contributed by atoms with Gasteiger partial charge in [-0.1, -0.05) is 58.8 Å².